The van der Waals surface area contributed by atoms with E-state index in [1.54, 1.807) is 19.9 Å². The van der Waals surface area contributed by atoms with Gasteiger partial charge in [0.15, 0.2) is 5.82 Å². The van der Waals surface area contributed by atoms with Gasteiger partial charge in [-0.3, -0.25) is 0 Å². The fraction of sp³-hybridized carbons (Fsp3) is 0.222. The number of amidine groups is 2. The normalized spacial score (nSPS) is 13.2. The highest BCUT2D eigenvalue weighted by molar-refractivity contribution is 6.08. The number of halogens is 1. The third kappa shape index (κ3) is 5.24. The highest BCUT2D eigenvalue weighted by atomic mass is 19.1. The van der Waals surface area contributed by atoms with Crippen molar-refractivity contribution in [3.8, 4) is 5.88 Å². The second-order valence-corrected chi connectivity index (χ2v) is 5.83. The Morgan fingerprint density at radius 3 is 2.57 bits per heavy atom. The van der Waals surface area contributed by atoms with Crippen molar-refractivity contribution in [2.45, 2.75) is 20.0 Å². The summed E-state index contributed by atoms with van der Waals surface area (Å²) in [6, 6.07) is 2.83. The van der Waals surface area contributed by atoms with E-state index in [2.05, 4.69) is 31.8 Å². The maximum Gasteiger partial charge on any atom is 0.250 e. The first-order chi connectivity index (χ1) is 13.2. The Bertz CT molecular complexity index is 942. The number of nitrogens with one attached hydrogen (secondary N) is 1. The van der Waals surface area contributed by atoms with Crippen molar-refractivity contribution in [3.63, 3.8) is 0 Å². The number of pyridine rings is 2. The van der Waals surface area contributed by atoms with Crippen LogP contribution in [-0.4, -0.2) is 33.9 Å². The van der Waals surface area contributed by atoms with Crippen molar-refractivity contribution < 1.29 is 14.2 Å². The number of hydrogen-bond donors (Lipinski definition) is 4. The molecular weight excluding hydrogens is 365 g/mol. The second kappa shape index (κ2) is 8.91. The number of aliphatic imine (C=N–C) groups is 2. The van der Waals surface area contributed by atoms with E-state index in [1.165, 1.54) is 25.6 Å². The van der Waals surface area contributed by atoms with E-state index in [0.29, 0.717) is 16.8 Å². The molecule has 1 unspecified atom stereocenters. The SMILES string of the molecule is C=C(N)N=C(C)N=C(N)c1cc(C(C)O)cnc1Nc1cnc(OC)c(F)c1. The number of nitrogens with zero attached hydrogens (tertiary/aromatic N) is 4. The standard InChI is InChI=1S/C18H22FN7O2/c1-9(27)12-5-14(16(21)25-11(3)24-10(2)20)17(22-7-12)26-13-6-15(19)18(28-4)23-8-13/h5-9,27H,2,20H2,1,3-4H3,(H,22,26)(H2,21,24,25). The molecule has 2 heterocycles. The van der Waals surface area contributed by atoms with Gasteiger partial charge in [0.2, 0.25) is 5.88 Å². The second-order valence-electron chi connectivity index (χ2n) is 5.83. The van der Waals surface area contributed by atoms with Crippen LogP contribution in [0.4, 0.5) is 15.9 Å². The average Bonchev–Trinajstić information content (AvgIpc) is 2.61. The topological polar surface area (TPSA) is 144 Å². The van der Waals surface area contributed by atoms with Gasteiger partial charge in [-0.25, -0.2) is 24.3 Å². The van der Waals surface area contributed by atoms with Crippen molar-refractivity contribution in [1.29, 1.82) is 0 Å². The molecule has 0 bridgehead atoms. The molecule has 0 saturated heterocycles. The van der Waals surface area contributed by atoms with Crippen LogP contribution in [0, 0.1) is 5.82 Å². The summed E-state index contributed by atoms with van der Waals surface area (Å²) < 4.78 is 18.7. The summed E-state index contributed by atoms with van der Waals surface area (Å²) in [6.07, 6.45) is 2.08. The number of aliphatic hydroxyl groups is 1. The number of aromatic nitrogens is 2. The Morgan fingerprint density at radius 1 is 1.29 bits per heavy atom. The molecule has 1 atom stereocenters. The van der Waals surface area contributed by atoms with Crippen LogP contribution in [0.3, 0.4) is 0 Å². The Balaban J connectivity index is 2.48. The van der Waals surface area contributed by atoms with E-state index >= 15 is 0 Å². The number of methoxy groups -OCH3 is 1. The molecule has 0 saturated carbocycles. The Hall–Kier alpha value is -3.53. The van der Waals surface area contributed by atoms with E-state index < -0.39 is 11.9 Å². The predicted molar refractivity (Wildman–Crippen MR) is 106 cm³/mol. The fourth-order valence-corrected chi connectivity index (χ4v) is 2.25. The van der Waals surface area contributed by atoms with Crippen LogP contribution in [0.25, 0.3) is 0 Å². The lowest BCUT2D eigenvalue weighted by molar-refractivity contribution is 0.199. The third-order valence-electron chi connectivity index (χ3n) is 3.52. The maximum absolute atomic E-state index is 13.9. The van der Waals surface area contributed by atoms with Gasteiger partial charge in [0.1, 0.15) is 23.3 Å². The smallest absolute Gasteiger partial charge is 0.250 e. The molecule has 0 amide bonds. The zero-order chi connectivity index (χ0) is 20.8. The van der Waals surface area contributed by atoms with E-state index in [0.717, 1.165) is 0 Å². The first-order valence-electron chi connectivity index (χ1n) is 8.20. The number of anilines is 2. The molecule has 28 heavy (non-hydrogen) atoms. The van der Waals surface area contributed by atoms with Gasteiger partial charge in [-0.15, -0.1) is 0 Å². The highest BCUT2D eigenvalue weighted by Gasteiger charge is 2.14. The molecule has 0 fully saturated rings. The zero-order valence-electron chi connectivity index (χ0n) is 15.8. The summed E-state index contributed by atoms with van der Waals surface area (Å²) in [7, 11) is 1.32. The molecule has 9 nitrogen and oxygen atoms in total. The van der Waals surface area contributed by atoms with Gasteiger partial charge in [-0.2, -0.15) is 0 Å². The molecule has 0 aliphatic heterocycles. The minimum Gasteiger partial charge on any atom is -0.479 e. The molecular formula is C18H22FN7O2. The van der Waals surface area contributed by atoms with Gasteiger partial charge < -0.3 is 26.6 Å². The van der Waals surface area contributed by atoms with Crippen LogP contribution in [0.2, 0.25) is 0 Å². The molecule has 2 aromatic heterocycles. The number of aliphatic hydroxyl groups excluding tert-OH is 1. The third-order valence-corrected chi connectivity index (χ3v) is 3.52. The van der Waals surface area contributed by atoms with Crippen LogP contribution < -0.4 is 21.5 Å². The van der Waals surface area contributed by atoms with Crippen molar-refractivity contribution in [3.05, 3.63) is 53.9 Å². The van der Waals surface area contributed by atoms with E-state index in [4.69, 9.17) is 16.2 Å². The quantitative estimate of drug-likeness (QED) is 0.438. The summed E-state index contributed by atoms with van der Waals surface area (Å²) in [4.78, 5) is 16.2. The molecule has 10 heteroatoms. The summed E-state index contributed by atoms with van der Waals surface area (Å²) in [5.74, 6) is -0.0317. The highest BCUT2D eigenvalue weighted by Crippen LogP contribution is 2.24. The monoisotopic (exact) mass is 387 g/mol. The Morgan fingerprint density at radius 2 is 2.00 bits per heavy atom. The molecule has 0 spiro atoms. The minimum absolute atomic E-state index is 0.0712. The van der Waals surface area contributed by atoms with Crippen molar-refractivity contribution in [2.24, 2.45) is 21.5 Å². The number of rotatable bonds is 6. The number of ether oxygens (including phenoxy) is 1. The van der Waals surface area contributed by atoms with Crippen LogP contribution in [0.1, 0.15) is 31.1 Å². The Kier molecular flexibility index (Phi) is 6.61. The van der Waals surface area contributed by atoms with Gasteiger partial charge in [0.25, 0.3) is 0 Å². The fourth-order valence-electron chi connectivity index (χ4n) is 2.25. The van der Waals surface area contributed by atoms with Crippen LogP contribution >= 0.6 is 0 Å². The number of hydrogen-bond acceptors (Lipinski definition) is 7. The van der Waals surface area contributed by atoms with Gasteiger partial charge in [-0.05, 0) is 25.5 Å². The van der Waals surface area contributed by atoms with Crippen molar-refractivity contribution in [2.75, 3.05) is 12.4 Å². The lowest BCUT2D eigenvalue weighted by Gasteiger charge is -2.14. The lowest BCUT2D eigenvalue weighted by Crippen LogP contribution is -2.18. The summed E-state index contributed by atoms with van der Waals surface area (Å²) in [6.45, 7) is 6.67. The summed E-state index contributed by atoms with van der Waals surface area (Å²) in [5, 5.41) is 12.8. The average molecular weight is 387 g/mol. The van der Waals surface area contributed by atoms with Gasteiger partial charge in [0, 0.05) is 12.3 Å². The zero-order valence-corrected chi connectivity index (χ0v) is 15.8. The molecule has 2 aromatic rings. The molecule has 0 aliphatic carbocycles. The van der Waals surface area contributed by atoms with Gasteiger partial charge in [0.05, 0.1) is 30.7 Å². The number of nitrogens with two attached hydrogens (primary N) is 2. The lowest BCUT2D eigenvalue weighted by atomic mass is 10.1. The predicted octanol–water partition coefficient (Wildman–Crippen LogP) is 1.97. The Labute approximate surface area is 161 Å². The van der Waals surface area contributed by atoms with Gasteiger partial charge in [-0.1, -0.05) is 6.58 Å². The molecule has 148 valence electrons. The summed E-state index contributed by atoms with van der Waals surface area (Å²) >= 11 is 0. The molecule has 2 rings (SSSR count). The van der Waals surface area contributed by atoms with E-state index in [-0.39, 0.29) is 29.2 Å². The molecule has 0 aliphatic rings. The van der Waals surface area contributed by atoms with E-state index in [1.807, 2.05) is 0 Å². The molecule has 6 N–H and O–H groups in total. The first kappa shape index (κ1) is 20.8. The minimum atomic E-state index is -0.771. The van der Waals surface area contributed by atoms with Crippen LogP contribution in [-0.2, 0) is 0 Å². The van der Waals surface area contributed by atoms with E-state index in [9.17, 15) is 9.50 Å². The largest absolute Gasteiger partial charge is 0.479 e. The first-order valence-corrected chi connectivity index (χ1v) is 8.20. The van der Waals surface area contributed by atoms with Crippen molar-refractivity contribution in [1.82, 2.24) is 9.97 Å². The van der Waals surface area contributed by atoms with Gasteiger partial charge >= 0.3 is 0 Å². The van der Waals surface area contributed by atoms with Crippen LogP contribution in [0.5, 0.6) is 5.88 Å². The molecule has 0 aromatic carbocycles. The maximum atomic E-state index is 13.9. The van der Waals surface area contributed by atoms with Crippen molar-refractivity contribution >= 4 is 23.2 Å². The van der Waals surface area contributed by atoms with Crippen LogP contribution in [0.15, 0.2) is 46.9 Å². The molecule has 0 radical (unpaired) electrons. The summed E-state index contributed by atoms with van der Waals surface area (Å²) in [5.41, 5.74) is 12.8.